The second-order valence-corrected chi connectivity index (χ2v) is 7.74. The fraction of sp³-hybridized carbons (Fsp3) is 0.100. The van der Waals surface area contributed by atoms with Crippen LogP contribution in [0.3, 0.4) is 0 Å². The van der Waals surface area contributed by atoms with Gasteiger partial charge < -0.3 is 9.87 Å². The van der Waals surface area contributed by atoms with Crippen LogP contribution >= 0.6 is 0 Å². The summed E-state index contributed by atoms with van der Waals surface area (Å²) in [6.45, 7) is 0. The molecule has 3 aromatic rings. The van der Waals surface area contributed by atoms with Crippen molar-refractivity contribution in [1.82, 2.24) is 4.31 Å². The van der Waals surface area contributed by atoms with Gasteiger partial charge in [-0.05, 0) is 41.1 Å². The van der Waals surface area contributed by atoms with E-state index in [4.69, 9.17) is 0 Å². The van der Waals surface area contributed by atoms with Crippen molar-refractivity contribution in [2.24, 2.45) is 0 Å². The summed E-state index contributed by atoms with van der Waals surface area (Å²) < 4.78 is 26.8. The molecule has 3 aromatic carbocycles. The Bertz CT molecular complexity index is 1050. The maximum atomic E-state index is 13.1. The van der Waals surface area contributed by atoms with E-state index in [-0.39, 0.29) is 0 Å². The molecule has 1 heterocycles. The maximum Gasteiger partial charge on any atom is 0.281 e. The second kappa shape index (κ2) is 6.68. The average Bonchev–Trinajstić information content (AvgIpc) is 2.67. The first kappa shape index (κ1) is 17.5. The Balaban J connectivity index is 1.79. The summed E-state index contributed by atoms with van der Waals surface area (Å²) in [4.78, 5) is 26.0. The number of carbonyl (C=O) groups excluding carboxylic acids is 2. The third-order valence-corrected chi connectivity index (χ3v) is 5.96. The third kappa shape index (κ3) is 3.05. The Morgan fingerprint density at radius 2 is 1.74 bits per heavy atom. The Kier molecular flexibility index (Phi) is 4.33. The highest BCUT2D eigenvalue weighted by molar-refractivity contribution is 7.89. The van der Waals surface area contributed by atoms with Gasteiger partial charge in [-0.15, -0.1) is 0 Å². The highest BCUT2D eigenvalue weighted by Gasteiger charge is 2.45. The van der Waals surface area contributed by atoms with Gasteiger partial charge in [-0.2, -0.15) is 4.31 Å². The first-order chi connectivity index (χ1) is 13.0. The lowest BCUT2D eigenvalue weighted by Gasteiger charge is -2.31. The number of nitrogens with one attached hydrogen (secondary N) is 1. The van der Waals surface area contributed by atoms with Crippen molar-refractivity contribution >= 4 is 39.6 Å². The summed E-state index contributed by atoms with van der Waals surface area (Å²) in [6.07, 6.45) is 0. The van der Waals surface area contributed by atoms with E-state index in [1.54, 1.807) is 12.1 Å². The zero-order valence-corrected chi connectivity index (χ0v) is 15.1. The monoisotopic (exact) mass is 382 g/mol. The van der Waals surface area contributed by atoms with Crippen LogP contribution in [0.4, 0.5) is 10.1 Å². The summed E-state index contributed by atoms with van der Waals surface area (Å²) in [7, 11) is 1.41. The number of nitrogens with zero attached hydrogens (tertiary/aromatic N) is 1. The first-order valence-electron chi connectivity index (χ1n) is 8.24. The highest BCUT2D eigenvalue weighted by atomic mass is 32.2. The lowest BCUT2D eigenvalue weighted by atomic mass is 9.94. The molecule has 2 atom stereocenters. The molecule has 0 bridgehead atoms. The van der Waals surface area contributed by atoms with Gasteiger partial charge in [0.15, 0.2) is 10.8 Å². The van der Waals surface area contributed by atoms with Gasteiger partial charge in [-0.25, -0.2) is 4.39 Å². The van der Waals surface area contributed by atoms with Crippen LogP contribution in [0.15, 0.2) is 65.6 Å². The van der Waals surface area contributed by atoms with Gasteiger partial charge in [0.05, 0.1) is 7.05 Å². The molecular weight excluding hydrogens is 367 g/mol. The number of anilines is 1. The molecule has 5 nitrogen and oxygen atoms in total. The zero-order valence-electron chi connectivity index (χ0n) is 14.3. The number of carbonyl (C=O) groups is 2. The van der Waals surface area contributed by atoms with Crippen LogP contribution in [0.5, 0.6) is 0 Å². The van der Waals surface area contributed by atoms with Crippen molar-refractivity contribution in [2.45, 2.75) is 10.8 Å². The van der Waals surface area contributed by atoms with Crippen molar-refractivity contribution in [3.63, 3.8) is 0 Å². The molecule has 27 heavy (non-hydrogen) atoms. The lowest BCUT2D eigenvalue weighted by molar-refractivity contribution is -0.132. The number of hydrogen-bond acceptors (Lipinski definition) is 3. The Morgan fingerprint density at radius 3 is 2.41 bits per heavy atom. The van der Waals surface area contributed by atoms with E-state index in [0.29, 0.717) is 16.1 Å². The minimum absolute atomic E-state index is 0.380. The Morgan fingerprint density at radius 1 is 1.11 bits per heavy atom. The number of benzene rings is 3. The Labute approximate surface area is 158 Å². The minimum atomic E-state index is -1.68. The van der Waals surface area contributed by atoms with Crippen LogP contribution in [0, 0.1) is 5.82 Å². The number of likely N-dealkylation sites (N-methyl/N-ethyl adjacent to an activating group) is 1. The maximum absolute atomic E-state index is 13.1. The second-order valence-electron chi connectivity index (χ2n) is 6.25. The fourth-order valence-corrected chi connectivity index (χ4v) is 4.33. The minimum Gasteiger partial charge on any atom is -0.588 e. The molecule has 2 unspecified atom stereocenters. The molecule has 0 spiro atoms. The molecule has 1 aliphatic rings. The number of halogens is 1. The van der Waals surface area contributed by atoms with Crippen LogP contribution in [-0.2, 0) is 21.0 Å². The topological polar surface area (TPSA) is 72.5 Å². The highest BCUT2D eigenvalue weighted by Crippen LogP contribution is 2.37. The van der Waals surface area contributed by atoms with Gasteiger partial charge in [0.25, 0.3) is 5.91 Å². The van der Waals surface area contributed by atoms with E-state index >= 15 is 0 Å². The number of fused-ring (bicyclic) bond motifs is 2. The summed E-state index contributed by atoms with van der Waals surface area (Å²) in [5, 5.41) is 4.37. The standard InChI is InChI=1S/C20H15FN2O3S/c1-23-20(25)18(19(24)22-15-8-6-14(21)7-9-15)16-10-12-4-2-3-5-13(12)11-17(16)27(23)26/h2-11,18H,1H3,(H,22,24). The molecule has 0 radical (unpaired) electrons. The average molecular weight is 382 g/mol. The van der Waals surface area contributed by atoms with Crippen molar-refractivity contribution < 1.29 is 18.5 Å². The molecule has 136 valence electrons. The molecule has 1 N–H and O–H groups in total. The molecule has 0 aromatic heterocycles. The Hall–Kier alpha value is -2.90. The molecule has 1 aliphatic heterocycles. The van der Waals surface area contributed by atoms with Gasteiger partial charge in [0.2, 0.25) is 5.91 Å². The third-order valence-electron chi connectivity index (χ3n) is 4.56. The molecule has 0 saturated carbocycles. The van der Waals surface area contributed by atoms with E-state index in [9.17, 15) is 18.5 Å². The summed E-state index contributed by atoms with van der Waals surface area (Å²) >= 11 is -1.68. The van der Waals surface area contributed by atoms with Gasteiger partial charge in [-0.3, -0.25) is 9.59 Å². The summed E-state index contributed by atoms with van der Waals surface area (Å²) in [5.41, 5.74) is 0.806. The van der Waals surface area contributed by atoms with Crippen LogP contribution in [0.1, 0.15) is 11.5 Å². The molecular formula is C20H15FN2O3S. The molecule has 2 amide bonds. The quantitative estimate of drug-likeness (QED) is 0.546. The van der Waals surface area contributed by atoms with E-state index in [1.807, 2.05) is 24.3 Å². The number of hydrogen-bond donors (Lipinski definition) is 1. The van der Waals surface area contributed by atoms with Crippen LogP contribution in [0.25, 0.3) is 10.8 Å². The summed E-state index contributed by atoms with van der Waals surface area (Å²) in [5.74, 6) is -2.64. The predicted molar refractivity (Wildman–Crippen MR) is 101 cm³/mol. The van der Waals surface area contributed by atoms with E-state index < -0.39 is 34.9 Å². The number of amides is 2. The van der Waals surface area contributed by atoms with Crippen molar-refractivity contribution in [3.05, 3.63) is 72.0 Å². The molecule has 0 aliphatic carbocycles. The predicted octanol–water partition coefficient (Wildman–Crippen LogP) is 3.20. The first-order valence-corrected chi connectivity index (χ1v) is 9.35. The summed E-state index contributed by atoms with van der Waals surface area (Å²) in [6, 6.07) is 16.3. The van der Waals surface area contributed by atoms with E-state index in [0.717, 1.165) is 15.1 Å². The fourth-order valence-electron chi connectivity index (χ4n) is 3.16. The van der Waals surface area contributed by atoms with Crippen LogP contribution < -0.4 is 5.32 Å². The van der Waals surface area contributed by atoms with Crippen LogP contribution in [-0.4, -0.2) is 27.7 Å². The van der Waals surface area contributed by atoms with Crippen molar-refractivity contribution in [3.8, 4) is 0 Å². The van der Waals surface area contributed by atoms with Gasteiger partial charge in [0.1, 0.15) is 17.2 Å². The molecule has 4 rings (SSSR count). The largest absolute Gasteiger partial charge is 0.588 e. The molecule has 0 saturated heterocycles. The zero-order chi connectivity index (χ0) is 19.1. The molecule has 0 fully saturated rings. The smallest absolute Gasteiger partial charge is 0.281 e. The van der Waals surface area contributed by atoms with Gasteiger partial charge >= 0.3 is 0 Å². The van der Waals surface area contributed by atoms with Gasteiger partial charge in [-0.1, -0.05) is 24.3 Å². The molecule has 7 heteroatoms. The normalized spacial score (nSPS) is 19.1. The van der Waals surface area contributed by atoms with Crippen molar-refractivity contribution in [1.29, 1.82) is 0 Å². The lowest BCUT2D eigenvalue weighted by Crippen LogP contribution is -2.45. The number of rotatable bonds is 2. The van der Waals surface area contributed by atoms with E-state index in [2.05, 4.69) is 5.32 Å². The SMILES string of the molecule is CN1C(=O)C(C(=O)Nc2ccc(F)cc2)c2cc3ccccc3cc2[S+]1[O-]. The van der Waals surface area contributed by atoms with Gasteiger partial charge in [0, 0.05) is 17.3 Å². The van der Waals surface area contributed by atoms with Crippen LogP contribution in [0.2, 0.25) is 0 Å². The van der Waals surface area contributed by atoms with Crippen molar-refractivity contribution in [2.75, 3.05) is 12.4 Å². The van der Waals surface area contributed by atoms with E-state index in [1.165, 1.54) is 31.3 Å².